The van der Waals surface area contributed by atoms with Crippen molar-refractivity contribution in [2.24, 2.45) is 5.73 Å². The standard InChI is InChI=1S/C14H17NS/c1-10-5-4-6-12(9-10)14(3,15)13-7-8-16-11(13)2/h4-9H,15H2,1-3H3. The van der Waals surface area contributed by atoms with Crippen LogP contribution in [0.3, 0.4) is 0 Å². The van der Waals surface area contributed by atoms with Crippen molar-refractivity contribution < 1.29 is 0 Å². The molecule has 0 aliphatic heterocycles. The molecule has 0 saturated heterocycles. The van der Waals surface area contributed by atoms with E-state index in [1.54, 1.807) is 11.3 Å². The average Bonchev–Trinajstić information content (AvgIpc) is 2.65. The van der Waals surface area contributed by atoms with E-state index in [2.05, 4.69) is 56.5 Å². The molecular weight excluding hydrogens is 214 g/mol. The Morgan fingerprint density at radius 1 is 1.19 bits per heavy atom. The lowest BCUT2D eigenvalue weighted by Gasteiger charge is -2.26. The minimum Gasteiger partial charge on any atom is -0.318 e. The molecule has 1 atom stereocenters. The zero-order valence-electron chi connectivity index (χ0n) is 9.95. The summed E-state index contributed by atoms with van der Waals surface area (Å²) in [6.07, 6.45) is 0. The molecule has 0 amide bonds. The van der Waals surface area contributed by atoms with Crippen molar-refractivity contribution in [2.45, 2.75) is 26.3 Å². The second kappa shape index (κ2) is 4.04. The number of thiophene rings is 1. The Morgan fingerprint density at radius 2 is 1.94 bits per heavy atom. The van der Waals surface area contributed by atoms with E-state index in [1.807, 2.05) is 0 Å². The van der Waals surface area contributed by atoms with Gasteiger partial charge in [-0.1, -0.05) is 29.8 Å². The Morgan fingerprint density at radius 3 is 2.50 bits per heavy atom. The van der Waals surface area contributed by atoms with E-state index in [9.17, 15) is 0 Å². The van der Waals surface area contributed by atoms with E-state index in [-0.39, 0.29) is 0 Å². The van der Waals surface area contributed by atoms with Crippen molar-refractivity contribution >= 4 is 11.3 Å². The highest BCUT2D eigenvalue weighted by atomic mass is 32.1. The van der Waals surface area contributed by atoms with Crippen LogP contribution in [-0.4, -0.2) is 0 Å². The van der Waals surface area contributed by atoms with Gasteiger partial charge in [-0.25, -0.2) is 0 Å². The highest BCUT2D eigenvalue weighted by Crippen LogP contribution is 2.31. The summed E-state index contributed by atoms with van der Waals surface area (Å²) >= 11 is 1.75. The third-order valence-electron chi connectivity index (χ3n) is 3.04. The van der Waals surface area contributed by atoms with Gasteiger partial charge in [0.05, 0.1) is 5.54 Å². The van der Waals surface area contributed by atoms with E-state index < -0.39 is 5.54 Å². The first kappa shape index (κ1) is 11.4. The molecule has 2 aromatic rings. The van der Waals surface area contributed by atoms with E-state index >= 15 is 0 Å². The summed E-state index contributed by atoms with van der Waals surface area (Å²) in [4.78, 5) is 1.30. The molecule has 84 valence electrons. The number of nitrogens with two attached hydrogens (primary N) is 1. The molecule has 2 rings (SSSR count). The van der Waals surface area contributed by atoms with Crippen LogP contribution in [0.15, 0.2) is 35.7 Å². The molecule has 0 aliphatic carbocycles. The molecule has 0 radical (unpaired) electrons. The normalized spacial score (nSPS) is 14.8. The van der Waals surface area contributed by atoms with Gasteiger partial charge in [0.2, 0.25) is 0 Å². The topological polar surface area (TPSA) is 26.0 Å². The molecular formula is C14H17NS. The monoisotopic (exact) mass is 231 g/mol. The first-order valence-corrected chi connectivity index (χ1v) is 6.30. The molecule has 0 fully saturated rings. The maximum absolute atomic E-state index is 6.48. The number of hydrogen-bond donors (Lipinski definition) is 1. The smallest absolute Gasteiger partial charge is 0.0647 e. The number of hydrogen-bond acceptors (Lipinski definition) is 2. The molecule has 0 aliphatic rings. The van der Waals surface area contributed by atoms with Gasteiger partial charge in [0, 0.05) is 4.88 Å². The summed E-state index contributed by atoms with van der Waals surface area (Å²) in [5.74, 6) is 0. The SMILES string of the molecule is Cc1cccc(C(C)(N)c2ccsc2C)c1. The minimum absolute atomic E-state index is 0.393. The average molecular weight is 231 g/mol. The predicted molar refractivity (Wildman–Crippen MR) is 70.9 cm³/mol. The molecule has 1 unspecified atom stereocenters. The fourth-order valence-electron chi connectivity index (χ4n) is 2.05. The van der Waals surface area contributed by atoms with Crippen LogP contribution in [0.5, 0.6) is 0 Å². The van der Waals surface area contributed by atoms with Gasteiger partial charge in [-0.05, 0) is 43.3 Å². The maximum atomic E-state index is 6.48. The second-order valence-electron chi connectivity index (χ2n) is 4.46. The van der Waals surface area contributed by atoms with Gasteiger partial charge in [-0.15, -0.1) is 11.3 Å². The summed E-state index contributed by atoms with van der Waals surface area (Å²) in [7, 11) is 0. The van der Waals surface area contributed by atoms with Gasteiger partial charge < -0.3 is 5.73 Å². The molecule has 1 aromatic heterocycles. The third-order valence-corrected chi connectivity index (χ3v) is 3.88. The number of aryl methyl sites for hydroxylation is 2. The zero-order chi connectivity index (χ0) is 11.8. The van der Waals surface area contributed by atoms with Crippen molar-refractivity contribution in [3.05, 3.63) is 57.3 Å². The van der Waals surface area contributed by atoms with Gasteiger partial charge in [-0.2, -0.15) is 0 Å². The summed E-state index contributed by atoms with van der Waals surface area (Å²) < 4.78 is 0. The van der Waals surface area contributed by atoms with Crippen molar-refractivity contribution in [1.29, 1.82) is 0 Å². The maximum Gasteiger partial charge on any atom is 0.0647 e. The van der Waals surface area contributed by atoms with Crippen molar-refractivity contribution in [2.75, 3.05) is 0 Å². The Balaban J connectivity index is 2.51. The first-order valence-electron chi connectivity index (χ1n) is 5.42. The molecule has 1 heterocycles. The highest BCUT2D eigenvalue weighted by Gasteiger charge is 2.25. The van der Waals surface area contributed by atoms with Gasteiger partial charge in [0.1, 0.15) is 0 Å². The highest BCUT2D eigenvalue weighted by molar-refractivity contribution is 7.10. The van der Waals surface area contributed by atoms with Crippen LogP contribution in [0.2, 0.25) is 0 Å². The summed E-state index contributed by atoms with van der Waals surface area (Å²) in [6, 6.07) is 10.6. The second-order valence-corrected chi connectivity index (χ2v) is 5.58. The molecule has 0 spiro atoms. The summed E-state index contributed by atoms with van der Waals surface area (Å²) in [5.41, 5.74) is 9.74. The Kier molecular flexibility index (Phi) is 2.87. The zero-order valence-corrected chi connectivity index (χ0v) is 10.8. The van der Waals surface area contributed by atoms with Crippen molar-refractivity contribution in [3.63, 3.8) is 0 Å². The molecule has 1 aromatic carbocycles. The lowest BCUT2D eigenvalue weighted by atomic mass is 9.85. The Bertz CT molecular complexity index is 497. The van der Waals surface area contributed by atoms with Crippen molar-refractivity contribution in [3.8, 4) is 0 Å². The van der Waals surface area contributed by atoms with Crippen LogP contribution in [0.25, 0.3) is 0 Å². The van der Waals surface area contributed by atoms with Crippen molar-refractivity contribution in [1.82, 2.24) is 0 Å². The molecule has 16 heavy (non-hydrogen) atoms. The largest absolute Gasteiger partial charge is 0.318 e. The first-order chi connectivity index (χ1) is 7.51. The van der Waals surface area contributed by atoms with Gasteiger partial charge in [0.15, 0.2) is 0 Å². The third kappa shape index (κ3) is 1.91. The lowest BCUT2D eigenvalue weighted by Crippen LogP contribution is -2.34. The fourth-order valence-corrected chi connectivity index (χ4v) is 2.86. The van der Waals surface area contributed by atoms with Gasteiger partial charge >= 0.3 is 0 Å². The van der Waals surface area contributed by atoms with Gasteiger partial charge in [-0.3, -0.25) is 0 Å². The summed E-state index contributed by atoms with van der Waals surface area (Å²) in [6.45, 7) is 6.30. The minimum atomic E-state index is -0.393. The van der Waals surface area contributed by atoms with Crippen LogP contribution >= 0.6 is 11.3 Å². The van der Waals surface area contributed by atoms with E-state index in [0.717, 1.165) is 0 Å². The van der Waals surface area contributed by atoms with E-state index in [1.165, 1.54) is 21.6 Å². The Labute approximate surface area is 101 Å². The predicted octanol–water partition coefficient (Wildman–Crippen LogP) is 3.59. The Hall–Kier alpha value is -1.12. The van der Waals surface area contributed by atoms with Crippen LogP contribution in [0.1, 0.15) is 28.5 Å². The molecule has 1 nitrogen and oxygen atoms in total. The fraction of sp³-hybridized carbons (Fsp3) is 0.286. The van der Waals surface area contributed by atoms with Gasteiger partial charge in [0.25, 0.3) is 0 Å². The molecule has 2 N–H and O–H groups in total. The van der Waals surface area contributed by atoms with E-state index in [0.29, 0.717) is 0 Å². The van der Waals surface area contributed by atoms with Crippen LogP contribution < -0.4 is 5.73 Å². The van der Waals surface area contributed by atoms with Crippen LogP contribution in [0.4, 0.5) is 0 Å². The molecule has 0 bridgehead atoms. The van der Waals surface area contributed by atoms with Crippen LogP contribution in [0, 0.1) is 13.8 Å². The van der Waals surface area contributed by atoms with E-state index in [4.69, 9.17) is 5.73 Å². The quantitative estimate of drug-likeness (QED) is 0.840. The van der Waals surface area contributed by atoms with Crippen LogP contribution in [-0.2, 0) is 5.54 Å². The number of benzene rings is 1. The lowest BCUT2D eigenvalue weighted by molar-refractivity contribution is 0.601. The molecule has 2 heteroatoms. The molecule has 0 saturated carbocycles. The summed E-state index contributed by atoms with van der Waals surface area (Å²) in [5, 5.41) is 2.10. The number of rotatable bonds is 2.